The van der Waals surface area contributed by atoms with Crippen molar-refractivity contribution in [3.63, 3.8) is 0 Å². The Morgan fingerprint density at radius 3 is 2.45 bits per heavy atom. The fourth-order valence-electron chi connectivity index (χ4n) is 2.54. The molecule has 2 rings (SSSR count). The molecule has 12 heteroatoms. The number of likely N-dealkylation sites (N-methyl/N-ethyl adjacent to an activating group) is 1. The van der Waals surface area contributed by atoms with E-state index in [9.17, 15) is 31.2 Å². The Hall–Kier alpha value is -3.38. The number of esters is 1. The predicted octanol–water partition coefficient (Wildman–Crippen LogP) is 2.71. The van der Waals surface area contributed by atoms with Gasteiger partial charge in [0, 0.05) is 20.1 Å². The lowest BCUT2D eigenvalue weighted by Crippen LogP contribution is -2.31. The lowest BCUT2D eigenvalue weighted by molar-refractivity contribution is -0.133. The van der Waals surface area contributed by atoms with Gasteiger partial charge in [-0.2, -0.15) is 8.78 Å². The second-order valence-electron chi connectivity index (χ2n) is 6.63. The first-order valence-corrected chi connectivity index (χ1v) is 10.9. The molecule has 33 heavy (non-hydrogen) atoms. The fourth-order valence-corrected chi connectivity index (χ4v) is 3.64. The molecule has 0 heterocycles. The molecule has 2 aromatic rings. The summed E-state index contributed by atoms with van der Waals surface area (Å²) in [6.45, 7) is -0.291. The first kappa shape index (κ1) is 25.9. The van der Waals surface area contributed by atoms with Crippen molar-refractivity contribution in [2.24, 2.45) is 0 Å². The maximum Gasteiger partial charge on any atom is 0.387 e. The van der Waals surface area contributed by atoms with Gasteiger partial charge >= 0.3 is 12.6 Å². The van der Waals surface area contributed by atoms with Crippen LogP contribution >= 0.6 is 0 Å². The highest BCUT2D eigenvalue weighted by Crippen LogP contribution is 2.18. The Morgan fingerprint density at radius 2 is 1.85 bits per heavy atom. The van der Waals surface area contributed by atoms with E-state index in [-0.39, 0.29) is 24.4 Å². The molecule has 2 aromatic carbocycles. The Kier molecular flexibility index (Phi) is 9.00. The number of carbonyl (C=O) groups excluding carboxylic acids is 2. The molecule has 0 fully saturated rings. The number of nitrogens with zero attached hydrogens (tertiary/aromatic N) is 1. The van der Waals surface area contributed by atoms with Crippen LogP contribution in [0.1, 0.15) is 15.9 Å². The van der Waals surface area contributed by atoms with Gasteiger partial charge in [0.25, 0.3) is 5.91 Å². The second kappa shape index (κ2) is 11.5. The molecule has 8 nitrogen and oxygen atoms in total. The van der Waals surface area contributed by atoms with Gasteiger partial charge in [0.2, 0.25) is 10.0 Å². The third-order valence-corrected chi connectivity index (χ3v) is 5.63. The zero-order chi connectivity index (χ0) is 24.6. The highest BCUT2D eigenvalue weighted by atomic mass is 32.2. The van der Waals surface area contributed by atoms with Gasteiger partial charge in [-0.1, -0.05) is 18.2 Å². The van der Waals surface area contributed by atoms with Gasteiger partial charge in [-0.15, -0.1) is 6.58 Å². The Balaban J connectivity index is 1.97. The number of hydrogen-bond acceptors (Lipinski definition) is 6. The maximum absolute atomic E-state index is 14.0. The van der Waals surface area contributed by atoms with E-state index in [2.05, 4.69) is 16.0 Å². The van der Waals surface area contributed by atoms with Crippen LogP contribution in [-0.4, -0.2) is 52.0 Å². The summed E-state index contributed by atoms with van der Waals surface area (Å²) in [5.74, 6) is -2.70. The predicted molar refractivity (Wildman–Crippen MR) is 112 cm³/mol. The van der Waals surface area contributed by atoms with E-state index in [1.54, 1.807) is 0 Å². The Labute approximate surface area is 188 Å². The van der Waals surface area contributed by atoms with E-state index in [1.165, 1.54) is 42.3 Å². The third-order valence-electron chi connectivity index (χ3n) is 4.19. The molecular formula is C21H21F3N2O6S. The number of rotatable bonds is 11. The van der Waals surface area contributed by atoms with E-state index in [0.29, 0.717) is 5.56 Å². The summed E-state index contributed by atoms with van der Waals surface area (Å²) in [7, 11) is -2.79. The van der Waals surface area contributed by atoms with Crippen molar-refractivity contribution in [1.82, 2.24) is 9.62 Å². The van der Waals surface area contributed by atoms with Gasteiger partial charge in [0.1, 0.15) is 16.5 Å². The van der Waals surface area contributed by atoms with Gasteiger partial charge in [-0.3, -0.25) is 4.79 Å². The second-order valence-corrected chi connectivity index (χ2v) is 8.37. The minimum Gasteiger partial charge on any atom is -0.452 e. The molecule has 0 unspecified atom stereocenters. The van der Waals surface area contributed by atoms with Crippen molar-refractivity contribution in [3.8, 4) is 5.75 Å². The summed E-state index contributed by atoms with van der Waals surface area (Å²) in [4.78, 5) is 25.0. The first-order valence-electron chi connectivity index (χ1n) is 9.38. The van der Waals surface area contributed by atoms with Crippen LogP contribution < -0.4 is 9.46 Å². The number of benzene rings is 2. The number of ether oxygens (including phenoxy) is 2. The molecule has 1 amide bonds. The largest absolute Gasteiger partial charge is 0.452 e. The molecule has 0 aliphatic carbocycles. The number of hydrogen-bond donors (Lipinski definition) is 1. The number of alkyl halides is 2. The van der Waals surface area contributed by atoms with Gasteiger partial charge in [-0.25, -0.2) is 22.3 Å². The van der Waals surface area contributed by atoms with Crippen molar-refractivity contribution in [1.29, 1.82) is 0 Å². The smallest absolute Gasteiger partial charge is 0.387 e. The summed E-state index contributed by atoms with van der Waals surface area (Å²) in [5.41, 5.74) is 0.347. The number of halogens is 3. The standard InChI is InChI=1S/C21H21F3N2O6S/c1-3-10-25-33(29,30)18-11-15(6-9-17(18)22)20(28)31-13-19(27)26(2)12-14-4-7-16(8-5-14)32-21(23)24/h3-9,11,21,25H,1,10,12-13H2,2H3. The molecule has 0 radical (unpaired) electrons. The van der Waals surface area contributed by atoms with Crippen molar-refractivity contribution >= 4 is 21.9 Å². The molecule has 0 atom stereocenters. The molecule has 0 aliphatic rings. The van der Waals surface area contributed by atoms with E-state index >= 15 is 0 Å². The molecule has 1 N–H and O–H groups in total. The van der Waals surface area contributed by atoms with Crippen LogP contribution in [0.3, 0.4) is 0 Å². The summed E-state index contributed by atoms with van der Waals surface area (Å²) in [6, 6.07) is 8.27. The minimum absolute atomic E-state index is 0.0305. The minimum atomic E-state index is -4.23. The molecular weight excluding hydrogens is 465 g/mol. The summed E-state index contributed by atoms with van der Waals surface area (Å²) < 4.78 is 73.9. The zero-order valence-electron chi connectivity index (χ0n) is 17.5. The van der Waals surface area contributed by atoms with Crippen LogP contribution in [0.4, 0.5) is 13.2 Å². The van der Waals surface area contributed by atoms with Crippen molar-refractivity contribution in [2.45, 2.75) is 18.1 Å². The van der Waals surface area contributed by atoms with Crippen LogP contribution in [-0.2, 0) is 26.1 Å². The van der Waals surface area contributed by atoms with Crippen LogP contribution in [0.2, 0.25) is 0 Å². The fraction of sp³-hybridized carbons (Fsp3) is 0.238. The highest BCUT2D eigenvalue weighted by molar-refractivity contribution is 7.89. The average Bonchev–Trinajstić information content (AvgIpc) is 2.77. The van der Waals surface area contributed by atoms with Crippen LogP contribution in [0.15, 0.2) is 60.0 Å². The van der Waals surface area contributed by atoms with Crippen molar-refractivity contribution < 1.29 is 40.7 Å². The van der Waals surface area contributed by atoms with E-state index in [4.69, 9.17) is 4.74 Å². The topological polar surface area (TPSA) is 102 Å². The molecule has 178 valence electrons. The van der Waals surface area contributed by atoms with Crippen molar-refractivity contribution in [2.75, 3.05) is 20.2 Å². The quantitative estimate of drug-likeness (QED) is 0.387. The summed E-state index contributed by atoms with van der Waals surface area (Å²) in [6.07, 6.45) is 1.27. The summed E-state index contributed by atoms with van der Waals surface area (Å²) in [5, 5.41) is 0. The third kappa shape index (κ3) is 7.61. The maximum atomic E-state index is 14.0. The van der Waals surface area contributed by atoms with E-state index in [1.807, 2.05) is 0 Å². The summed E-state index contributed by atoms with van der Waals surface area (Å²) >= 11 is 0. The highest BCUT2D eigenvalue weighted by Gasteiger charge is 2.22. The average molecular weight is 486 g/mol. The molecule has 0 bridgehead atoms. The SMILES string of the molecule is C=CCNS(=O)(=O)c1cc(C(=O)OCC(=O)N(C)Cc2ccc(OC(F)F)cc2)ccc1F. The van der Waals surface area contributed by atoms with Crippen LogP contribution in [0, 0.1) is 5.82 Å². The monoisotopic (exact) mass is 486 g/mol. The van der Waals surface area contributed by atoms with Gasteiger partial charge in [-0.05, 0) is 35.9 Å². The normalized spacial score (nSPS) is 11.2. The zero-order valence-corrected chi connectivity index (χ0v) is 18.3. The lowest BCUT2D eigenvalue weighted by Gasteiger charge is -2.17. The number of carbonyl (C=O) groups is 2. The number of sulfonamides is 1. The number of amides is 1. The van der Waals surface area contributed by atoms with E-state index < -0.39 is 45.8 Å². The Bertz CT molecular complexity index is 1110. The van der Waals surface area contributed by atoms with Gasteiger partial charge < -0.3 is 14.4 Å². The van der Waals surface area contributed by atoms with Crippen LogP contribution in [0.25, 0.3) is 0 Å². The molecule has 0 aromatic heterocycles. The lowest BCUT2D eigenvalue weighted by atomic mass is 10.2. The van der Waals surface area contributed by atoms with Crippen molar-refractivity contribution in [3.05, 3.63) is 72.1 Å². The number of nitrogens with one attached hydrogen (secondary N) is 1. The Morgan fingerprint density at radius 1 is 1.18 bits per heavy atom. The molecule has 0 saturated carbocycles. The molecule has 0 aliphatic heterocycles. The van der Waals surface area contributed by atoms with Crippen LogP contribution in [0.5, 0.6) is 5.75 Å². The van der Waals surface area contributed by atoms with Gasteiger partial charge in [0.15, 0.2) is 6.61 Å². The van der Waals surface area contributed by atoms with Gasteiger partial charge in [0.05, 0.1) is 5.56 Å². The molecule has 0 saturated heterocycles. The van der Waals surface area contributed by atoms with E-state index in [0.717, 1.165) is 18.2 Å². The molecule has 0 spiro atoms. The first-order chi connectivity index (χ1) is 15.5.